The number of rotatable bonds is 3. The van der Waals surface area contributed by atoms with Crippen LogP contribution in [0.3, 0.4) is 0 Å². The lowest BCUT2D eigenvalue weighted by Crippen LogP contribution is -2.35. The molecule has 0 aliphatic carbocycles. The normalized spacial score (nSPS) is 13.2. The Bertz CT molecular complexity index is 1110. The van der Waals surface area contributed by atoms with Gasteiger partial charge >= 0.3 is 6.09 Å². The average Bonchev–Trinajstić information content (AvgIpc) is 3.29. The molecular weight excluding hydrogens is 404 g/mol. The van der Waals surface area contributed by atoms with Crippen molar-refractivity contribution in [3.05, 3.63) is 49.8 Å². The molecule has 0 fully saturated rings. The van der Waals surface area contributed by atoms with Gasteiger partial charge in [0.25, 0.3) is 11.6 Å². The molecule has 0 spiro atoms. The van der Waals surface area contributed by atoms with Gasteiger partial charge in [-0.05, 0) is 12.1 Å². The Balaban J connectivity index is 1.51. The highest BCUT2D eigenvalue weighted by molar-refractivity contribution is 7.21. The summed E-state index contributed by atoms with van der Waals surface area (Å²) in [5.74, 6) is -0.320. The number of hydrogen-bond acceptors (Lipinski definition) is 8. The van der Waals surface area contributed by atoms with Gasteiger partial charge in [0.15, 0.2) is 5.13 Å². The maximum absolute atomic E-state index is 12.6. The maximum atomic E-state index is 12.6. The molecule has 4 rings (SSSR count). The topological polar surface area (TPSA) is 115 Å². The second-order valence-corrected chi connectivity index (χ2v) is 8.24. The van der Waals surface area contributed by atoms with Crippen molar-refractivity contribution < 1.29 is 19.2 Å². The van der Waals surface area contributed by atoms with Crippen molar-refractivity contribution >= 4 is 55.6 Å². The number of thiophene rings is 1. The molecule has 0 saturated carbocycles. The van der Waals surface area contributed by atoms with E-state index >= 15 is 0 Å². The molecule has 1 N–H and O–H groups in total. The molecule has 9 nitrogen and oxygen atoms in total. The third kappa shape index (κ3) is 3.41. The minimum absolute atomic E-state index is 0.0139. The first-order valence-corrected chi connectivity index (χ1v) is 9.88. The summed E-state index contributed by atoms with van der Waals surface area (Å²) in [4.78, 5) is 42.1. The molecule has 0 unspecified atom stereocenters. The number of fused-ring (bicyclic) bond motifs is 2. The summed E-state index contributed by atoms with van der Waals surface area (Å²) < 4.78 is 5.54. The number of nitro benzene ring substituents is 1. The number of carbonyl (C=O) groups is 2. The molecule has 11 heteroatoms. The molecule has 28 heavy (non-hydrogen) atoms. The van der Waals surface area contributed by atoms with Crippen LogP contribution in [0, 0.1) is 10.1 Å². The van der Waals surface area contributed by atoms with E-state index in [1.165, 1.54) is 41.9 Å². The van der Waals surface area contributed by atoms with Gasteiger partial charge in [-0.1, -0.05) is 11.3 Å². The predicted octanol–water partition coefficient (Wildman–Crippen LogP) is 3.64. The first-order valence-electron chi connectivity index (χ1n) is 8.25. The number of anilines is 1. The minimum atomic E-state index is -0.464. The molecule has 1 aliphatic heterocycles. The first-order chi connectivity index (χ1) is 13.4. The van der Waals surface area contributed by atoms with Gasteiger partial charge in [0.05, 0.1) is 29.1 Å². The van der Waals surface area contributed by atoms with Crippen molar-refractivity contribution in [2.75, 3.05) is 19.0 Å². The summed E-state index contributed by atoms with van der Waals surface area (Å²) in [6.45, 7) is 0.925. The van der Waals surface area contributed by atoms with Crippen LogP contribution in [0.25, 0.3) is 10.1 Å². The van der Waals surface area contributed by atoms with Crippen molar-refractivity contribution in [2.24, 2.45) is 0 Å². The second-order valence-electron chi connectivity index (χ2n) is 6.07. The number of methoxy groups -OCH3 is 1. The van der Waals surface area contributed by atoms with E-state index in [1.54, 1.807) is 17.0 Å². The first kappa shape index (κ1) is 18.3. The maximum Gasteiger partial charge on any atom is 0.409 e. The lowest BCUT2D eigenvalue weighted by atomic mass is 10.2. The van der Waals surface area contributed by atoms with E-state index in [4.69, 9.17) is 4.74 Å². The van der Waals surface area contributed by atoms with Crippen LogP contribution in [-0.2, 0) is 17.7 Å². The lowest BCUT2D eigenvalue weighted by Gasteiger charge is -2.24. The summed E-state index contributed by atoms with van der Waals surface area (Å²) in [7, 11) is 1.34. The number of nitrogens with zero attached hydrogens (tertiary/aromatic N) is 3. The molecule has 2 amide bonds. The van der Waals surface area contributed by atoms with Crippen molar-refractivity contribution in [1.82, 2.24) is 9.88 Å². The van der Waals surface area contributed by atoms with Crippen LogP contribution in [0.4, 0.5) is 15.6 Å². The van der Waals surface area contributed by atoms with Crippen molar-refractivity contribution in [2.45, 2.75) is 13.0 Å². The Hall–Kier alpha value is -3.05. The van der Waals surface area contributed by atoms with Crippen LogP contribution < -0.4 is 5.32 Å². The highest BCUT2D eigenvalue weighted by atomic mass is 32.1. The molecule has 3 aromatic rings. The minimum Gasteiger partial charge on any atom is -0.453 e. The van der Waals surface area contributed by atoms with Crippen LogP contribution in [0.5, 0.6) is 0 Å². The number of nitro groups is 1. The van der Waals surface area contributed by atoms with Crippen molar-refractivity contribution in [3.8, 4) is 0 Å². The predicted molar refractivity (Wildman–Crippen MR) is 105 cm³/mol. The molecule has 0 radical (unpaired) electrons. The lowest BCUT2D eigenvalue weighted by molar-refractivity contribution is -0.384. The summed E-state index contributed by atoms with van der Waals surface area (Å²) >= 11 is 2.59. The molecule has 0 bridgehead atoms. The number of ether oxygens (including phenoxy) is 1. The molecule has 3 heterocycles. The van der Waals surface area contributed by atoms with Crippen molar-refractivity contribution in [3.63, 3.8) is 0 Å². The number of nitrogens with one attached hydrogen (secondary N) is 1. The number of thiazole rings is 1. The van der Waals surface area contributed by atoms with Gasteiger partial charge in [0, 0.05) is 40.1 Å². The van der Waals surface area contributed by atoms with Crippen LogP contribution in [-0.4, -0.2) is 40.5 Å². The van der Waals surface area contributed by atoms with Crippen LogP contribution in [0.2, 0.25) is 0 Å². The highest BCUT2D eigenvalue weighted by Crippen LogP contribution is 2.31. The zero-order valence-electron chi connectivity index (χ0n) is 14.6. The Labute approximate surface area is 166 Å². The summed E-state index contributed by atoms with van der Waals surface area (Å²) in [5.41, 5.74) is 0.854. The fourth-order valence-electron chi connectivity index (χ4n) is 2.95. The van der Waals surface area contributed by atoms with Crippen molar-refractivity contribution in [1.29, 1.82) is 0 Å². The van der Waals surface area contributed by atoms with E-state index in [-0.39, 0.29) is 17.7 Å². The van der Waals surface area contributed by atoms with E-state index in [2.05, 4.69) is 10.3 Å². The van der Waals surface area contributed by atoms with Gasteiger partial charge in [-0.15, -0.1) is 11.3 Å². The molecular formula is C17H14N4O5S2. The average molecular weight is 418 g/mol. The SMILES string of the molecule is COC(=O)N1CCc2nc(NC(=O)c3cc4cc([N+](=O)[O-])ccc4s3)sc2C1. The number of aromatic nitrogens is 1. The Morgan fingerprint density at radius 3 is 2.89 bits per heavy atom. The summed E-state index contributed by atoms with van der Waals surface area (Å²) in [6, 6.07) is 6.14. The third-order valence-corrected chi connectivity index (χ3v) is 6.43. The summed E-state index contributed by atoms with van der Waals surface area (Å²) in [6.07, 6.45) is 0.215. The number of benzene rings is 1. The fraction of sp³-hybridized carbons (Fsp3) is 0.235. The van der Waals surface area contributed by atoms with Crippen LogP contribution >= 0.6 is 22.7 Å². The zero-order valence-corrected chi connectivity index (χ0v) is 16.3. The van der Waals surface area contributed by atoms with E-state index < -0.39 is 4.92 Å². The smallest absolute Gasteiger partial charge is 0.409 e. The van der Waals surface area contributed by atoms with Gasteiger partial charge in [0.1, 0.15) is 0 Å². The fourth-order valence-corrected chi connectivity index (χ4v) is 4.91. The molecule has 0 saturated heterocycles. The van der Waals surface area contributed by atoms with E-state index in [0.29, 0.717) is 34.9 Å². The molecule has 0 atom stereocenters. The van der Waals surface area contributed by atoms with E-state index in [1.807, 2.05) is 0 Å². The number of hydrogen-bond donors (Lipinski definition) is 1. The monoisotopic (exact) mass is 418 g/mol. The van der Waals surface area contributed by atoms with Crippen LogP contribution in [0.1, 0.15) is 20.2 Å². The number of amides is 2. The Kier molecular flexibility index (Phi) is 4.69. The van der Waals surface area contributed by atoms with E-state index in [9.17, 15) is 19.7 Å². The highest BCUT2D eigenvalue weighted by Gasteiger charge is 2.25. The van der Waals surface area contributed by atoms with Gasteiger partial charge in [-0.3, -0.25) is 20.2 Å². The molecule has 144 valence electrons. The van der Waals surface area contributed by atoms with Gasteiger partial charge in [0.2, 0.25) is 0 Å². The van der Waals surface area contributed by atoms with E-state index in [0.717, 1.165) is 15.3 Å². The van der Waals surface area contributed by atoms with Crippen LogP contribution in [0.15, 0.2) is 24.3 Å². The quantitative estimate of drug-likeness (QED) is 0.513. The third-order valence-electron chi connectivity index (χ3n) is 4.32. The summed E-state index contributed by atoms with van der Waals surface area (Å²) in [5, 5.41) is 14.8. The molecule has 1 aromatic carbocycles. The molecule has 1 aliphatic rings. The Morgan fingerprint density at radius 2 is 2.14 bits per heavy atom. The number of non-ortho nitro benzene ring substituents is 1. The number of carbonyl (C=O) groups excluding carboxylic acids is 2. The standard InChI is InChI=1S/C17H14N4O5S2/c1-26-17(23)20-5-4-11-14(8-20)28-16(18-11)19-15(22)13-7-9-6-10(21(24)25)2-3-12(9)27-13/h2-3,6-7H,4-5,8H2,1H3,(H,18,19,22). The Morgan fingerprint density at radius 1 is 1.32 bits per heavy atom. The van der Waals surface area contributed by atoms with Gasteiger partial charge < -0.3 is 9.64 Å². The molecule has 2 aromatic heterocycles. The van der Waals surface area contributed by atoms with Gasteiger partial charge in [-0.2, -0.15) is 0 Å². The second kappa shape index (κ2) is 7.17. The largest absolute Gasteiger partial charge is 0.453 e. The van der Waals surface area contributed by atoms with Gasteiger partial charge in [-0.25, -0.2) is 9.78 Å². The zero-order chi connectivity index (χ0) is 19.8.